The second-order valence-corrected chi connectivity index (χ2v) is 4.42. The van der Waals surface area contributed by atoms with Gasteiger partial charge in [-0.3, -0.25) is 4.98 Å². The van der Waals surface area contributed by atoms with Crippen LogP contribution in [0.25, 0.3) is 20.9 Å². The first-order chi connectivity index (χ1) is 7.83. The van der Waals surface area contributed by atoms with Crippen molar-refractivity contribution in [2.24, 2.45) is 0 Å². The minimum atomic E-state index is 0.241. The number of benzene rings is 1. The summed E-state index contributed by atoms with van der Waals surface area (Å²) in [7, 11) is 0. The second kappa shape index (κ2) is 3.57. The summed E-state index contributed by atoms with van der Waals surface area (Å²) in [5.74, 6) is 0.241. The molecule has 1 aromatic carbocycles. The van der Waals surface area contributed by atoms with Crippen LogP contribution in [0, 0.1) is 0 Å². The molecule has 3 nitrogen and oxygen atoms in total. The minimum absolute atomic E-state index is 0.241. The smallest absolute Gasteiger partial charge is 0.143 e. The standard InChI is InChI=1S/C12H8N2OS/c15-8-4-5-11-10(7-8)14-12(16-11)9-3-1-2-6-13-9/h1-7,15H. The van der Waals surface area contributed by atoms with Gasteiger partial charge < -0.3 is 5.11 Å². The summed E-state index contributed by atoms with van der Waals surface area (Å²) in [4.78, 5) is 8.69. The normalized spacial score (nSPS) is 10.8. The van der Waals surface area contributed by atoms with Gasteiger partial charge in [-0.15, -0.1) is 11.3 Å². The van der Waals surface area contributed by atoms with E-state index in [-0.39, 0.29) is 5.75 Å². The van der Waals surface area contributed by atoms with Crippen LogP contribution >= 0.6 is 11.3 Å². The molecule has 16 heavy (non-hydrogen) atoms. The van der Waals surface area contributed by atoms with Gasteiger partial charge in [0.15, 0.2) is 0 Å². The molecule has 78 valence electrons. The van der Waals surface area contributed by atoms with Crippen molar-refractivity contribution in [2.45, 2.75) is 0 Å². The molecule has 0 unspecified atom stereocenters. The molecule has 0 radical (unpaired) electrons. The summed E-state index contributed by atoms with van der Waals surface area (Å²) in [6.07, 6.45) is 1.75. The molecule has 2 heterocycles. The van der Waals surface area contributed by atoms with Gasteiger partial charge in [-0.2, -0.15) is 0 Å². The first-order valence-corrected chi connectivity index (χ1v) is 5.65. The molecular formula is C12H8N2OS. The second-order valence-electron chi connectivity index (χ2n) is 3.39. The van der Waals surface area contributed by atoms with Gasteiger partial charge in [-0.1, -0.05) is 6.07 Å². The van der Waals surface area contributed by atoms with Crippen molar-refractivity contribution in [1.82, 2.24) is 9.97 Å². The van der Waals surface area contributed by atoms with Crippen molar-refractivity contribution in [1.29, 1.82) is 0 Å². The number of thiazole rings is 1. The van der Waals surface area contributed by atoms with Crippen LogP contribution in [0.3, 0.4) is 0 Å². The molecule has 3 aromatic rings. The van der Waals surface area contributed by atoms with Gasteiger partial charge in [-0.25, -0.2) is 4.98 Å². The zero-order valence-electron chi connectivity index (χ0n) is 8.29. The van der Waals surface area contributed by atoms with E-state index >= 15 is 0 Å². The Morgan fingerprint density at radius 1 is 1.12 bits per heavy atom. The number of rotatable bonds is 1. The first kappa shape index (κ1) is 9.30. The highest BCUT2D eigenvalue weighted by molar-refractivity contribution is 7.21. The highest BCUT2D eigenvalue weighted by Gasteiger charge is 2.06. The third-order valence-electron chi connectivity index (χ3n) is 2.26. The molecule has 0 fully saturated rings. The van der Waals surface area contributed by atoms with Gasteiger partial charge in [0, 0.05) is 12.3 Å². The summed E-state index contributed by atoms with van der Waals surface area (Å²) in [5.41, 5.74) is 1.67. The number of aromatic nitrogens is 2. The van der Waals surface area contributed by atoms with Crippen LogP contribution in [-0.4, -0.2) is 15.1 Å². The molecule has 4 heteroatoms. The third-order valence-corrected chi connectivity index (χ3v) is 3.31. The van der Waals surface area contributed by atoms with Crippen molar-refractivity contribution in [3.8, 4) is 16.5 Å². The van der Waals surface area contributed by atoms with Crippen LogP contribution in [0.15, 0.2) is 42.6 Å². The average Bonchev–Trinajstić information content (AvgIpc) is 2.73. The van der Waals surface area contributed by atoms with E-state index in [0.717, 1.165) is 20.9 Å². The van der Waals surface area contributed by atoms with E-state index in [9.17, 15) is 5.11 Å². The zero-order chi connectivity index (χ0) is 11.0. The fourth-order valence-electron chi connectivity index (χ4n) is 1.51. The van der Waals surface area contributed by atoms with Crippen molar-refractivity contribution >= 4 is 21.6 Å². The van der Waals surface area contributed by atoms with Gasteiger partial charge in [0.05, 0.1) is 15.9 Å². The summed E-state index contributed by atoms with van der Waals surface area (Å²) >= 11 is 1.57. The highest BCUT2D eigenvalue weighted by Crippen LogP contribution is 2.30. The van der Waals surface area contributed by atoms with E-state index in [1.165, 1.54) is 0 Å². The van der Waals surface area contributed by atoms with E-state index in [1.807, 2.05) is 24.3 Å². The number of fused-ring (bicyclic) bond motifs is 1. The number of aromatic hydroxyl groups is 1. The van der Waals surface area contributed by atoms with Crippen LogP contribution < -0.4 is 0 Å². The van der Waals surface area contributed by atoms with Crippen molar-refractivity contribution in [2.75, 3.05) is 0 Å². The number of nitrogens with zero attached hydrogens (tertiary/aromatic N) is 2. The molecule has 1 N–H and O–H groups in total. The Labute approximate surface area is 96.0 Å². The first-order valence-electron chi connectivity index (χ1n) is 4.84. The maximum absolute atomic E-state index is 9.36. The average molecular weight is 228 g/mol. The molecule has 0 bridgehead atoms. The summed E-state index contributed by atoms with van der Waals surface area (Å²) < 4.78 is 1.05. The molecule has 0 saturated heterocycles. The van der Waals surface area contributed by atoms with E-state index in [0.29, 0.717) is 0 Å². The Morgan fingerprint density at radius 2 is 2.06 bits per heavy atom. The fourth-order valence-corrected chi connectivity index (χ4v) is 2.44. The molecule has 0 aliphatic rings. The third kappa shape index (κ3) is 1.53. The van der Waals surface area contributed by atoms with Crippen LogP contribution in [0.1, 0.15) is 0 Å². The number of hydrogen-bond acceptors (Lipinski definition) is 4. The SMILES string of the molecule is Oc1ccc2sc(-c3ccccn3)nc2c1. The Kier molecular flexibility index (Phi) is 2.08. The van der Waals surface area contributed by atoms with E-state index < -0.39 is 0 Å². The van der Waals surface area contributed by atoms with E-state index in [4.69, 9.17) is 0 Å². The zero-order valence-corrected chi connectivity index (χ0v) is 9.11. The Hall–Kier alpha value is -1.94. The topological polar surface area (TPSA) is 46.0 Å². The largest absolute Gasteiger partial charge is 0.508 e. The van der Waals surface area contributed by atoms with Crippen LogP contribution in [0.4, 0.5) is 0 Å². The lowest BCUT2D eigenvalue weighted by Gasteiger charge is -1.91. The molecular weight excluding hydrogens is 220 g/mol. The lowest BCUT2D eigenvalue weighted by atomic mass is 10.3. The number of pyridine rings is 1. The Bertz CT molecular complexity index is 634. The monoisotopic (exact) mass is 228 g/mol. The van der Waals surface area contributed by atoms with E-state index in [2.05, 4.69) is 9.97 Å². The summed E-state index contributed by atoms with van der Waals surface area (Å²) in [6.45, 7) is 0. The molecule has 0 spiro atoms. The fraction of sp³-hybridized carbons (Fsp3) is 0. The Balaban J connectivity index is 2.19. The molecule has 0 aliphatic heterocycles. The van der Waals surface area contributed by atoms with Gasteiger partial charge in [0.1, 0.15) is 10.8 Å². The summed E-state index contributed by atoms with van der Waals surface area (Å²) in [6, 6.07) is 10.9. The Morgan fingerprint density at radius 3 is 2.88 bits per heavy atom. The van der Waals surface area contributed by atoms with Gasteiger partial charge in [0.25, 0.3) is 0 Å². The van der Waals surface area contributed by atoms with Gasteiger partial charge >= 0.3 is 0 Å². The molecule has 0 aliphatic carbocycles. The molecule has 0 saturated carbocycles. The minimum Gasteiger partial charge on any atom is -0.508 e. The highest BCUT2D eigenvalue weighted by atomic mass is 32.1. The van der Waals surface area contributed by atoms with Crippen molar-refractivity contribution in [3.05, 3.63) is 42.6 Å². The van der Waals surface area contributed by atoms with Crippen molar-refractivity contribution < 1.29 is 5.11 Å². The van der Waals surface area contributed by atoms with Gasteiger partial charge in [0.2, 0.25) is 0 Å². The molecule has 3 rings (SSSR count). The summed E-state index contributed by atoms with van der Waals surface area (Å²) in [5, 5.41) is 10.2. The number of hydrogen-bond donors (Lipinski definition) is 1. The number of phenolic OH excluding ortho intramolecular Hbond substituents is 1. The van der Waals surface area contributed by atoms with Crippen LogP contribution in [0.5, 0.6) is 5.75 Å². The number of phenols is 1. The maximum Gasteiger partial charge on any atom is 0.143 e. The van der Waals surface area contributed by atoms with Crippen LogP contribution in [-0.2, 0) is 0 Å². The van der Waals surface area contributed by atoms with E-state index in [1.54, 1.807) is 29.7 Å². The lowest BCUT2D eigenvalue weighted by Crippen LogP contribution is -1.79. The predicted molar refractivity (Wildman–Crippen MR) is 64.5 cm³/mol. The predicted octanol–water partition coefficient (Wildman–Crippen LogP) is 3.06. The van der Waals surface area contributed by atoms with Crippen molar-refractivity contribution in [3.63, 3.8) is 0 Å². The quantitative estimate of drug-likeness (QED) is 0.696. The van der Waals surface area contributed by atoms with Crippen LogP contribution in [0.2, 0.25) is 0 Å². The van der Waals surface area contributed by atoms with Gasteiger partial charge in [-0.05, 0) is 24.3 Å². The molecule has 0 amide bonds. The molecule has 0 atom stereocenters. The molecule has 2 aromatic heterocycles. The maximum atomic E-state index is 9.36. The lowest BCUT2D eigenvalue weighted by molar-refractivity contribution is 0.476.